The number of nitrogens with zero attached hydrogens (tertiary/aromatic N) is 3. The molecule has 10 nitrogen and oxygen atoms in total. The lowest BCUT2D eigenvalue weighted by atomic mass is 10.2. The maximum atomic E-state index is 12.4. The molecule has 0 aromatic carbocycles. The molecule has 0 aliphatic heterocycles. The topological polar surface area (TPSA) is 127 Å². The quantitative estimate of drug-likeness (QED) is 0.340. The van der Waals surface area contributed by atoms with E-state index in [1.807, 2.05) is 0 Å². The summed E-state index contributed by atoms with van der Waals surface area (Å²) in [6, 6.07) is 3.44. The highest BCUT2D eigenvalue weighted by Crippen LogP contribution is 2.51. The number of nitrogens with one attached hydrogen (secondary N) is 1. The summed E-state index contributed by atoms with van der Waals surface area (Å²) in [7, 11) is -3.93. The average Bonchev–Trinajstić information content (AvgIpc) is 3.07. The Kier molecular flexibility index (Phi) is 10.5. The lowest BCUT2D eigenvalue weighted by Gasteiger charge is -2.37. The molecule has 0 spiro atoms. The molecule has 1 N–H and O–H groups in total. The summed E-state index contributed by atoms with van der Waals surface area (Å²) in [5, 5.41) is 8.93. The molecule has 2 rings (SSSR count). The molecule has 0 bridgehead atoms. The number of hydrogen-bond acceptors (Lipinski definition) is 8. The Hall–Kier alpha value is -1.33. The van der Waals surface area contributed by atoms with Crippen molar-refractivity contribution in [2.24, 2.45) is 0 Å². The minimum atomic E-state index is -2.43. The molecule has 0 saturated heterocycles. The lowest BCUT2D eigenvalue weighted by molar-refractivity contribution is 0.00418. The van der Waals surface area contributed by atoms with Crippen molar-refractivity contribution < 1.29 is 18.3 Å². The van der Waals surface area contributed by atoms with Gasteiger partial charge in [0.15, 0.2) is 0 Å². The van der Waals surface area contributed by atoms with Crippen LogP contribution in [0.15, 0.2) is 21.9 Å². The molecule has 1 heterocycles. The largest absolute Gasteiger partial charge is 0.368 e. The van der Waals surface area contributed by atoms with Gasteiger partial charge in [0.25, 0.3) is 14.1 Å². The van der Waals surface area contributed by atoms with E-state index >= 15 is 0 Å². The summed E-state index contributed by atoms with van der Waals surface area (Å²) >= 11 is 0. The van der Waals surface area contributed by atoms with Crippen LogP contribution in [0.3, 0.4) is 0 Å². The van der Waals surface area contributed by atoms with Crippen molar-refractivity contribution in [1.82, 2.24) is 14.2 Å². The van der Waals surface area contributed by atoms with Crippen molar-refractivity contribution >= 4 is 15.7 Å². The Morgan fingerprint density at radius 1 is 1.24 bits per heavy atom. The maximum Gasteiger partial charge on any atom is 0.328 e. The van der Waals surface area contributed by atoms with Crippen molar-refractivity contribution in [3.8, 4) is 6.07 Å². The summed E-state index contributed by atoms with van der Waals surface area (Å²) in [4.78, 5) is 26.1. The van der Waals surface area contributed by atoms with Crippen molar-refractivity contribution in [2.75, 3.05) is 26.3 Å². The summed E-state index contributed by atoms with van der Waals surface area (Å²) in [5.74, 6) is 0. The number of rotatable bonds is 12. The van der Waals surface area contributed by atoms with E-state index in [4.69, 9.17) is 19.0 Å². The van der Waals surface area contributed by atoms with Gasteiger partial charge in [0, 0.05) is 30.4 Å². The third-order valence-electron chi connectivity index (χ3n) is 5.16. The molecule has 2 unspecified atom stereocenters. The van der Waals surface area contributed by atoms with Crippen LogP contribution < -0.4 is 11.2 Å². The van der Waals surface area contributed by atoms with Crippen LogP contribution in [0.1, 0.15) is 53.0 Å². The van der Waals surface area contributed by atoms with E-state index in [-0.39, 0.29) is 37.5 Å². The van der Waals surface area contributed by atoms with E-state index in [1.54, 1.807) is 13.3 Å². The third-order valence-corrected chi connectivity index (χ3v) is 8.08. The van der Waals surface area contributed by atoms with E-state index in [9.17, 15) is 14.2 Å². The van der Waals surface area contributed by atoms with Crippen LogP contribution in [0.5, 0.6) is 0 Å². The first-order valence-corrected chi connectivity index (χ1v) is 15.1. The first-order chi connectivity index (χ1) is 15.4. The van der Waals surface area contributed by atoms with E-state index in [1.165, 1.54) is 16.8 Å². The predicted molar refractivity (Wildman–Crippen MR) is 129 cm³/mol. The van der Waals surface area contributed by atoms with Crippen LogP contribution in [0.2, 0.25) is 0 Å². The second-order valence-corrected chi connectivity index (χ2v) is 14.1. The minimum absolute atomic E-state index is 0.107. The van der Waals surface area contributed by atoms with Gasteiger partial charge >= 0.3 is 5.69 Å². The molecule has 4 atom stereocenters. The van der Waals surface area contributed by atoms with E-state index in [0.29, 0.717) is 12.8 Å². The zero-order valence-electron chi connectivity index (χ0n) is 20.3. The molecule has 186 valence electrons. The Balaban J connectivity index is 2.30. The normalized spacial score (nSPS) is 22.2. The Labute approximate surface area is 196 Å². The molecule has 1 aliphatic rings. The summed E-state index contributed by atoms with van der Waals surface area (Å²) < 4.78 is 34.5. The Morgan fingerprint density at radius 3 is 2.42 bits per heavy atom. The monoisotopic (exact) mass is 502 g/mol. The number of nitriles is 1. The van der Waals surface area contributed by atoms with E-state index in [2.05, 4.69) is 43.4 Å². The Bertz CT molecular complexity index is 958. The fourth-order valence-corrected chi connectivity index (χ4v) is 6.16. The van der Waals surface area contributed by atoms with Gasteiger partial charge in [-0.2, -0.15) is 5.26 Å². The molecule has 1 aliphatic carbocycles. The molecule has 0 amide bonds. The Morgan fingerprint density at radius 2 is 1.88 bits per heavy atom. The highest BCUT2D eigenvalue weighted by atomic mass is 31.2. The smallest absolute Gasteiger partial charge is 0.328 e. The number of ether oxygens (including phenoxy) is 1. The van der Waals surface area contributed by atoms with Gasteiger partial charge in [0.1, 0.15) is 7.14 Å². The molecule has 33 heavy (non-hydrogen) atoms. The molecular weight excluding hydrogens is 466 g/mol. The van der Waals surface area contributed by atoms with Gasteiger partial charge in [-0.25, -0.2) is 9.46 Å². The minimum Gasteiger partial charge on any atom is -0.368 e. The van der Waals surface area contributed by atoms with E-state index < -0.39 is 39.1 Å². The number of hydrogen-bond donors (Lipinski definition) is 1. The highest BCUT2D eigenvalue weighted by molar-refractivity contribution is 7.62. The van der Waals surface area contributed by atoms with Crippen molar-refractivity contribution in [2.45, 2.75) is 77.3 Å². The first-order valence-electron chi connectivity index (χ1n) is 11.1. The van der Waals surface area contributed by atoms with Gasteiger partial charge in [-0.05, 0) is 53.9 Å². The van der Waals surface area contributed by atoms with Crippen LogP contribution in [0, 0.1) is 11.3 Å². The van der Waals surface area contributed by atoms with Crippen molar-refractivity contribution in [3.63, 3.8) is 0 Å². The molecule has 1 fully saturated rings. The van der Waals surface area contributed by atoms with Gasteiger partial charge < -0.3 is 18.3 Å². The SMILES string of the molecule is CC(C)N(C(C)C)P(OCCC#N)OC1C[C@H](n2ccc(=O)[nH]c2=O)C[C@@H]1OCP(C)(C)=O. The second-order valence-electron chi connectivity index (χ2n) is 9.24. The van der Waals surface area contributed by atoms with Crippen LogP contribution >= 0.6 is 15.7 Å². The first kappa shape index (κ1) is 27.9. The fraction of sp³-hybridized carbons (Fsp3) is 0.762. The highest BCUT2D eigenvalue weighted by Gasteiger charge is 2.41. The van der Waals surface area contributed by atoms with Crippen LogP contribution in [0.25, 0.3) is 0 Å². The summed E-state index contributed by atoms with van der Waals surface area (Å²) in [5.41, 5.74) is -0.936. The molecule has 12 heteroatoms. The van der Waals surface area contributed by atoms with Crippen LogP contribution in [0.4, 0.5) is 0 Å². The van der Waals surface area contributed by atoms with E-state index in [0.717, 1.165) is 0 Å². The second kappa shape index (κ2) is 12.4. The zero-order chi connectivity index (χ0) is 24.8. The molecule has 1 aromatic heterocycles. The number of aromatic amines is 1. The molecule has 1 saturated carbocycles. The van der Waals surface area contributed by atoms with Crippen molar-refractivity contribution in [1.29, 1.82) is 5.26 Å². The fourth-order valence-electron chi connectivity index (χ4n) is 3.85. The molecule has 0 radical (unpaired) electrons. The van der Waals surface area contributed by atoms with Gasteiger partial charge in [-0.1, -0.05) is 0 Å². The van der Waals surface area contributed by atoms with Crippen LogP contribution in [-0.2, 0) is 18.3 Å². The average molecular weight is 502 g/mol. The standard InChI is InChI=1S/C21H36N4O6P2/c1-15(2)25(16(3)4)32(30-11-7-9-22)31-19-13-17(12-18(19)29-14-33(5,6)28)24-10-8-20(26)23-21(24)27/h8,10,15-19H,7,11-14H2,1-6H3,(H,23,26,27)/t17-,18+,19?,32?/m1/s1. The summed E-state index contributed by atoms with van der Waals surface area (Å²) in [6.07, 6.45) is 1.98. The number of aromatic nitrogens is 2. The predicted octanol–water partition coefficient (Wildman–Crippen LogP) is 3.50. The van der Waals surface area contributed by atoms with Gasteiger partial charge in [-0.3, -0.25) is 14.3 Å². The van der Waals surface area contributed by atoms with Gasteiger partial charge in [0.2, 0.25) is 0 Å². The zero-order valence-corrected chi connectivity index (χ0v) is 22.1. The maximum absolute atomic E-state index is 12.4. The number of H-pyrrole nitrogens is 1. The summed E-state index contributed by atoms with van der Waals surface area (Å²) in [6.45, 7) is 11.8. The van der Waals surface area contributed by atoms with Gasteiger partial charge in [-0.15, -0.1) is 0 Å². The molecular formula is C21H36N4O6P2. The van der Waals surface area contributed by atoms with Crippen LogP contribution in [-0.4, -0.2) is 64.8 Å². The molecule has 1 aromatic rings. The third kappa shape index (κ3) is 8.43. The van der Waals surface area contributed by atoms with Gasteiger partial charge in [0.05, 0.1) is 37.7 Å². The van der Waals surface area contributed by atoms with Crippen molar-refractivity contribution in [3.05, 3.63) is 33.1 Å². The lowest BCUT2D eigenvalue weighted by Crippen LogP contribution is -2.36.